The summed E-state index contributed by atoms with van der Waals surface area (Å²) in [6.45, 7) is 0.370. The third kappa shape index (κ3) is 3.25. The SMILES string of the molecule is COc1ccc(-c2c(C(=O)O)n(Cc3ccc4nsnc4c3)c3cccc(OC)c23)cc1. The molecular weight excluding hydrogens is 426 g/mol. The number of carbonyl (C=O) groups is 1. The minimum absolute atomic E-state index is 0.200. The molecule has 5 rings (SSSR count). The monoisotopic (exact) mass is 445 g/mol. The van der Waals surface area contributed by atoms with Crippen LogP contribution in [0.3, 0.4) is 0 Å². The van der Waals surface area contributed by atoms with Crippen LogP contribution < -0.4 is 9.47 Å². The molecule has 2 aromatic heterocycles. The van der Waals surface area contributed by atoms with E-state index in [1.54, 1.807) is 14.2 Å². The van der Waals surface area contributed by atoms with Gasteiger partial charge >= 0.3 is 5.97 Å². The Morgan fingerprint density at radius 2 is 1.78 bits per heavy atom. The van der Waals surface area contributed by atoms with Crippen LogP contribution in [0, 0.1) is 0 Å². The number of carboxylic acids is 1. The first-order valence-corrected chi connectivity index (χ1v) is 10.6. The van der Waals surface area contributed by atoms with Gasteiger partial charge in [0.2, 0.25) is 0 Å². The molecule has 0 amide bonds. The Kier molecular flexibility index (Phi) is 4.99. The molecule has 1 N–H and O–H groups in total. The van der Waals surface area contributed by atoms with Crippen LogP contribution >= 0.6 is 11.7 Å². The molecule has 0 aliphatic carbocycles. The number of rotatable bonds is 6. The molecule has 7 nitrogen and oxygen atoms in total. The second-order valence-electron chi connectivity index (χ2n) is 7.29. The van der Waals surface area contributed by atoms with Gasteiger partial charge < -0.3 is 19.1 Å². The number of hydrogen-bond acceptors (Lipinski definition) is 6. The molecule has 0 unspecified atom stereocenters. The summed E-state index contributed by atoms with van der Waals surface area (Å²) in [5.41, 5.74) is 4.94. The second-order valence-corrected chi connectivity index (χ2v) is 7.81. The second kappa shape index (κ2) is 7.97. The summed E-state index contributed by atoms with van der Waals surface area (Å²) in [5, 5.41) is 11.0. The number of nitrogens with zero attached hydrogens (tertiary/aromatic N) is 3. The zero-order chi connectivity index (χ0) is 22.2. The van der Waals surface area contributed by atoms with Crippen molar-refractivity contribution in [2.24, 2.45) is 0 Å². The van der Waals surface area contributed by atoms with Gasteiger partial charge in [0.05, 0.1) is 36.9 Å². The van der Waals surface area contributed by atoms with Gasteiger partial charge in [-0.1, -0.05) is 24.3 Å². The van der Waals surface area contributed by atoms with E-state index in [2.05, 4.69) is 8.75 Å². The van der Waals surface area contributed by atoms with Crippen LogP contribution in [-0.2, 0) is 6.54 Å². The molecule has 0 spiro atoms. The number of ether oxygens (including phenoxy) is 2. The molecule has 8 heteroatoms. The molecule has 0 fully saturated rings. The van der Waals surface area contributed by atoms with E-state index < -0.39 is 5.97 Å². The van der Waals surface area contributed by atoms with Gasteiger partial charge in [-0.15, -0.1) is 0 Å². The average molecular weight is 446 g/mol. The number of benzene rings is 3. The highest BCUT2D eigenvalue weighted by atomic mass is 32.1. The van der Waals surface area contributed by atoms with Crippen molar-refractivity contribution < 1.29 is 19.4 Å². The van der Waals surface area contributed by atoms with E-state index in [1.807, 2.05) is 65.2 Å². The summed E-state index contributed by atoms with van der Waals surface area (Å²) >= 11 is 1.16. The zero-order valence-corrected chi connectivity index (χ0v) is 18.2. The first-order chi connectivity index (χ1) is 15.6. The highest BCUT2D eigenvalue weighted by Crippen LogP contribution is 2.41. The van der Waals surface area contributed by atoms with Crippen LogP contribution in [0.2, 0.25) is 0 Å². The standard InChI is InChI=1S/C24H19N3O4S/c1-30-16-9-7-15(8-10-16)21-22-19(4-3-5-20(22)31-2)27(23(21)24(28)29)13-14-6-11-17-18(12-14)26-32-25-17/h3-12H,13H2,1-2H3,(H,28,29). The van der Waals surface area contributed by atoms with Crippen molar-refractivity contribution in [3.05, 3.63) is 71.9 Å². The van der Waals surface area contributed by atoms with Gasteiger partial charge in [0, 0.05) is 12.1 Å². The number of hydrogen-bond donors (Lipinski definition) is 1. The smallest absolute Gasteiger partial charge is 0.353 e. The Bertz CT molecular complexity index is 1450. The van der Waals surface area contributed by atoms with Crippen molar-refractivity contribution in [2.75, 3.05) is 14.2 Å². The molecule has 0 saturated carbocycles. The topological polar surface area (TPSA) is 86.5 Å². The summed E-state index contributed by atoms with van der Waals surface area (Å²) in [7, 11) is 3.19. The fourth-order valence-electron chi connectivity index (χ4n) is 4.07. The van der Waals surface area contributed by atoms with Gasteiger partial charge in [-0.05, 0) is 47.5 Å². The summed E-state index contributed by atoms with van der Waals surface area (Å²) in [4.78, 5) is 12.6. The predicted molar refractivity (Wildman–Crippen MR) is 124 cm³/mol. The Labute approximate surface area is 187 Å². The maximum absolute atomic E-state index is 12.6. The van der Waals surface area contributed by atoms with Gasteiger partial charge in [0.1, 0.15) is 28.2 Å². The van der Waals surface area contributed by atoms with Crippen molar-refractivity contribution in [1.82, 2.24) is 13.3 Å². The molecule has 0 aliphatic rings. The van der Waals surface area contributed by atoms with Crippen molar-refractivity contribution in [3.63, 3.8) is 0 Å². The van der Waals surface area contributed by atoms with Crippen molar-refractivity contribution in [1.29, 1.82) is 0 Å². The minimum atomic E-state index is -1.01. The summed E-state index contributed by atoms with van der Waals surface area (Å²) < 4.78 is 21.3. The van der Waals surface area contributed by atoms with Crippen molar-refractivity contribution in [2.45, 2.75) is 6.54 Å². The lowest BCUT2D eigenvalue weighted by molar-refractivity contribution is 0.0687. The number of methoxy groups -OCH3 is 2. The lowest BCUT2D eigenvalue weighted by Gasteiger charge is -2.10. The predicted octanol–water partition coefficient (Wildman–Crippen LogP) is 5.08. The van der Waals surface area contributed by atoms with E-state index in [-0.39, 0.29) is 5.69 Å². The number of aromatic nitrogens is 3. The molecule has 2 heterocycles. The van der Waals surface area contributed by atoms with Crippen molar-refractivity contribution >= 4 is 39.6 Å². The average Bonchev–Trinajstić information content (AvgIpc) is 3.41. The maximum atomic E-state index is 12.6. The van der Waals surface area contributed by atoms with Crippen molar-refractivity contribution in [3.8, 4) is 22.6 Å². The normalized spacial score (nSPS) is 11.2. The third-order valence-corrected chi connectivity index (χ3v) is 6.07. The summed E-state index contributed by atoms with van der Waals surface area (Å²) in [6, 6.07) is 18.8. The first-order valence-electron chi connectivity index (χ1n) is 9.89. The third-order valence-electron chi connectivity index (χ3n) is 5.51. The van der Waals surface area contributed by atoms with E-state index >= 15 is 0 Å². The molecule has 32 heavy (non-hydrogen) atoms. The molecule has 160 valence electrons. The highest BCUT2D eigenvalue weighted by Gasteiger charge is 2.26. The molecule has 0 aliphatic heterocycles. The molecule has 0 saturated heterocycles. The summed E-state index contributed by atoms with van der Waals surface area (Å²) in [5.74, 6) is 0.311. The van der Waals surface area contributed by atoms with E-state index in [4.69, 9.17) is 9.47 Å². The Morgan fingerprint density at radius 1 is 1.00 bits per heavy atom. The number of carboxylic acid groups (broad SMARTS) is 1. The van der Waals surface area contributed by atoms with Gasteiger partial charge in [0.25, 0.3) is 0 Å². The van der Waals surface area contributed by atoms with Crippen LogP contribution in [0.25, 0.3) is 33.1 Å². The van der Waals surface area contributed by atoms with Gasteiger partial charge in [-0.25, -0.2) is 4.79 Å². The largest absolute Gasteiger partial charge is 0.497 e. The molecule has 0 atom stereocenters. The molecule has 5 aromatic rings. The number of aromatic carboxylic acids is 1. The molecule has 3 aromatic carbocycles. The molecule has 0 radical (unpaired) electrons. The van der Waals surface area contributed by atoms with Crippen LogP contribution in [0.5, 0.6) is 11.5 Å². The lowest BCUT2D eigenvalue weighted by atomic mass is 10.0. The van der Waals surface area contributed by atoms with Crippen LogP contribution in [0.4, 0.5) is 0 Å². The molecule has 0 bridgehead atoms. The minimum Gasteiger partial charge on any atom is -0.497 e. The first kappa shape index (κ1) is 20.0. The fourth-order valence-corrected chi connectivity index (χ4v) is 4.59. The number of fused-ring (bicyclic) bond motifs is 2. The van der Waals surface area contributed by atoms with E-state index in [0.29, 0.717) is 23.6 Å². The van der Waals surface area contributed by atoms with E-state index in [9.17, 15) is 9.90 Å². The van der Waals surface area contributed by atoms with Gasteiger partial charge in [0.15, 0.2) is 0 Å². The molecular formula is C24H19N3O4S. The highest BCUT2D eigenvalue weighted by molar-refractivity contribution is 7.00. The summed E-state index contributed by atoms with van der Waals surface area (Å²) in [6.07, 6.45) is 0. The van der Waals surface area contributed by atoms with Crippen LogP contribution in [0.1, 0.15) is 16.1 Å². The van der Waals surface area contributed by atoms with Crippen LogP contribution in [0.15, 0.2) is 60.7 Å². The van der Waals surface area contributed by atoms with Gasteiger partial charge in [-0.2, -0.15) is 8.75 Å². The van der Waals surface area contributed by atoms with Gasteiger partial charge in [-0.3, -0.25) is 0 Å². The maximum Gasteiger partial charge on any atom is 0.353 e. The zero-order valence-electron chi connectivity index (χ0n) is 17.4. The van der Waals surface area contributed by atoms with Crippen LogP contribution in [-0.4, -0.2) is 38.6 Å². The Morgan fingerprint density at radius 3 is 2.50 bits per heavy atom. The lowest BCUT2D eigenvalue weighted by Crippen LogP contribution is -2.10. The fraction of sp³-hybridized carbons (Fsp3) is 0.125. The Balaban J connectivity index is 1.78. The van der Waals surface area contributed by atoms with E-state index in [0.717, 1.165) is 44.8 Å². The van der Waals surface area contributed by atoms with E-state index in [1.165, 1.54) is 0 Å². The quantitative estimate of drug-likeness (QED) is 0.392. The Hall–Kier alpha value is -3.91.